The standard InChI is InChI=1S/C27H29ClFN5O5S/c1-16-4-6-20(7-5-16)40(38,39)34-14-22(21-9-17(28)12-31-26(21)34)24-30-13-23(29)25(33-24)32-18-3-2-8-27(37,10-18)11-19(36)15-35/h4-7,9,12-14,18-19,35-37H,2-3,8,10-11,15H2,1H3,(H,30,32,33)/t18-,19?,27+/m0/s1. The maximum Gasteiger partial charge on any atom is 0.269 e. The number of hydrogen-bond donors (Lipinski definition) is 4. The molecule has 1 saturated carbocycles. The number of pyridine rings is 1. The van der Waals surface area contributed by atoms with Crippen LogP contribution in [0.3, 0.4) is 0 Å². The molecule has 0 aliphatic heterocycles. The fourth-order valence-electron chi connectivity index (χ4n) is 5.18. The van der Waals surface area contributed by atoms with E-state index in [1.807, 2.05) is 6.92 Å². The third-order valence-corrected chi connectivity index (χ3v) is 9.00. The number of aromatic nitrogens is 4. The van der Waals surface area contributed by atoms with E-state index in [-0.39, 0.29) is 51.7 Å². The molecule has 3 heterocycles. The molecule has 1 aromatic carbocycles. The average Bonchev–Trinajstić information content (AvgIpc) is 3.29. The molecule has 1 unspecified atom stereocenters. The molecule has 40 heavy (non-hydrogen) atoms. The molecule has 0 bridgehead atoms. The highest BCUT2D eigenvalue weighted by Gasteiger charge is 2.36. The lowest BCUT2D eigenvalue weighted by Crippen LogP contribution is -2.43. The predicted molar refractivity (Wildman–Crippen MR) is 148 cm³/mol. The molecular formula is C27H29ClFN5O5S. The van der Waals surface area contributed by atoms with Crippen molar-refractivity contribution in [2.24, 2.45) is 0 Å². The van der Waals surface area contributed by atoms with Crippen LogP contribution in [0.5, 0.6) is 0 Å². The molecule has 0 saturated heterocycles. The van der Waals surface area contributed by atoms with E-state index in [0.717, 1.165) is 15.7 Å². The lowest BCUT2D eigenvalue weighted by molar-refractivity contribution is -0.0512. The van der Waals surface area contributed by atoms with Crippen LogP contribution in [-0.2, 0) is 10.0 Å². The Morgan fingerprint density at radius 2 is 2.00 bits per heavy atom. The Balaban J connectivity index is 1.52. The first-order valence-corrected chi connectivity index (χ1v) is 14.6. The molecule has 1 fully saturated rings. The monoisotopic (exact) mass is 589 g/mol. The Morgan fingerprint density at radius 1 is 1.25 bits per heavy atom. The molecule has 0 spiro atoms. The molecule has 1 aliphatic carbocycles. The van der Waals surface area contributed by atoms with Gasteiger partial charge in [0.25, 0.3) is 10.0 Å². The van der Waals surface area contributed by atoms with Crippen molar-refractivity contribution >= 4 is 38.5 Å². The first-order valence-electron chi connectivity index (χ1n) is 12.8. The fourth-order valence-corrected chi connectivity index (χ4v) is 6.66. The topological polar surface area (TPSA) is 150 Å². The number of nitrogens with zero attached hydrogens (tertiary/aromatic N) is 4. The number of anilines is 1. The van der Waals surface area contributed by atoms with Gasteiger partial charge in [-0.1, -0.05) is 29.3 Å². The molecular weight excluding hydrogens is 561 g/mol. The van der Waals surface area contributed by atoms with Crippen molar-refractivity contribution in [2.75, 3.05) is 11.9 Å². The summed E-state index contributed by atoms with van der Waals surface area (Å²) in [6.45, 7) is 1.39. The van der Waals surface area contributed by atoms with Crippen LogP contribution in [0, 0.1) is 12.7 Å². The Morgan fingerprint density at radius 3 is 2.73 bits per heavy atom. The number of halogens is 2. The number of aliphatic hydroxyl groups is 3. The number of rotatable bonds is 8. The molecule has 3 aromatic heterocycles. The van der Waals surface area contributed by atoms with Gasteiger partial charge in [-0.3, -0.25) is 0 Å². The van der Waals surface area contributed by atoms with Crippen LogP contribution >= 0.6 is 11.6 Å². The van der Waals surface area contributed by atoms with E-state index < -0.39 is 34.2 Å². The summed E-state index contributed by atoms with van der Waals surface area (Å²) in [5, 5.41) is 33.6. The van der Waals surface area contributed by atoms with Crippen LogP contribution in [-0.4, -0.2) is 67.0 Å². The van der Waals surface area contributed by atoms with E-state index in [4.69, 9.17) is 11.6 Å². The number of aryl methyl sites for hydroxylation is 1. The fraction of sp³-hybridized carbons (Fsp3) is 0.370. The first kappa shape index (κ1) is 28.4. The van der Waals surface area contributed by atoms with Gasteiger partial charge in [-0.2, -0.15) is 0 Å². The van der Waals surface area contributed by atoms with Crippen molar-refractivity contribution < 1.29 is 28.1 Å². The maximum atomic E-state index is 14.9. The molecule has 3 atom stereocenters. The van der Waals surface area contributed by atoms with E-state index in [2.05, 4.69) is 20.3 Å². The summed E-state index contributed by atoms with van der Waals surface area (Å²) in [6, 6.07) is 7.60. The van der Waals surface area contributed by atoms with Gasteiger partial charge < -0.3 is 20.6 Å². The molecule has 4 N–H and O–H groups in total. The molecule has 10 nitrogen and oxygen atoms in total. The molecule has 5 rings (SSSR count). The Hall–Kier alpha value is -3.16. The summed E-state index contributed by atoms with van der Waals surface area (Å²) >= 11 is 6.20. The van der Waals surface area contributed by atoms with Crippen LogP contribution in [0.25, 0.3) is 22.4 Å². The SMILES string of the molecule is Cc1ccc(S(=O)(=O)n2cc(-c3ncc(F)c(N[C@H]4CCC[C@](O)(CC(O)CO)C4)n3)c3cc(Cl)cnc32)cc1. The maximum absolute atomic E-state index is 14.9. The summed E-state index contributed by atoms with van der Waals surface area (Å²) < 4.78 is 43.0. The average molecular weight is 590 g/mol. The largest absolute Gasteiger partial charge is 0.394 e. The van der Waals surface area contributed by atoms with Gasteiger partial charge in [-0.05, 0) is 50.8 Å². The quantitative estimate of drug-likeness (QED) is 0.241. The van der Waals surface area contributed by atoms with E-state index in [1.165, 1.54) is 24.5 Å². The molecule has 0 radical (unpaired) electrons. The molecule has 212 valence electrons. The number of fused-ring (bicyclic) bond motifs is 1. The van der Waals surface area contributed by atoms with Gasteiger partial charge >= 0.3 is 0 Å². The second kappa shape index (κ2) is 11.0. The minimum Gasteiger partial charge on any atom is -0.394 e. The number of hydrogen-bond acceptors (Lipinski definition) is 9. The van der Waals surface area contributed by atoms with Gasteiger partial charge in [-0.25, -0.2) is 31.7 Å². The Bertz CT molecular complexity index is 1650. The van der Waals surface area contributed by atoms with E-state index >= 15 is 0 Å². The number of aliphatic hydroxyl groups excluding tert-OH is 2. The smallest absolute Gasteiger partial charge is 0.269 e. The van der Waals surface area contributed by atoms with Crippen molar-refractivity contribution in [3.05, 3.63) is 65.3 Å². The summed E-state index contributed by atoms with van der Waals surface area (Å²) in [5.74, 6) is -0.780. The van der Waals surface area contributed by atoms with Crippen LogP contribution in [0.4, 0.5) is 10.2 Å². The normalized spacial score (nSPS) is 20.5. The van der Waals surface area contributed by atoms with Crippen LogP contribution in [0.2, 0.25) is 5.02 Å². The van der Waals surface area contributed by atoms with Crippen LogP contribution < -0.4 is 5.32 Å². The van der Waals surface area contributed by atoms with E-state index in [9.17, 15) is 28.1 Å². The van der Waals surface area contributed by atoms with Gasteiger partial charge in [0.05, 0.1) is 34.4 Å². The van der Waals surface area contributed by atoms with Gasteiger partial charge in [0.1, 0.15) is 0 Å². The van der Waals surface area contributed by atoms with Gasteiger partial charge in [-0.15, -0.1) is 0 Å². The second-order valence-corrected chi connectivity index (χ2v) is 12.5. The first-order chi connectivity index (χ1) is 19.0. The Labute approximate surface area is 235 Å². The third kappa shape index (κ3) is 5.68. The zero-order chi connectivity index (χ0) is 28.7. The summed E-state index contributed by atoms with van der Waals surface area (Å²) in [7, 11) is -4.05. The summed E-state index contributed by atoms with van der Waals surface area (Å²) in [5.41, 5.74) is 0.0877. The molecule has 0 amide bonds. The lowest BCUT2D eigenvalue weighted by atomic mass is 9.78. The Kier molecular flexibility index (Phi) is 7.81. The van der Waals surface area contributed by atoms with E-state index in [0.29, 0.717) is 24.6 Å². The van der Waals surface area contributed by atoms with Crippen molar-refractivity contribution in [1.82, 2.24) is 18.9 Å². The van der Waals surface area contributed by atoms with Crippen LogP contribution in [0.1, 0.15) is 37.7 Å². The number of benzene rings is 1. The minimum atomic E-state index is -4.05. The van der Waals surface area contributed by atoms with Crippen molar-refractivity contribution in [3.63, 3.8) is 0 Å². The third-order valence-electron chi connectivity index (χ3n) is 7.13. The lowest BCUT2D eigenvalue weighted by Gasteiger charge is -2.38. The van der Waals surface area contributed by atoms with Gasteiger partial charge in [0, 0.05) is 35.8 Å². The zero-order valence-electron chi connectivity index (χ0n) is 21.6. The van der Waals surface area contributed by atoms with Crippen LogP contribution in [0.15, 0.2) is 53.8 Å². The highest BCUT2D eigenvalue weighted by molar-refractivity contribution is 7.90. The highest BCUT2D eigenvalue weighted by atomic mass is 35.5. The van der Waals surface area contributed by atoms with Crippen molar-refractivity contribution in [2.45, 2.75) is 61.7 Å². The second-order valence-electron chi connectivity index (χ2n) is 10.3. The number of nitrogens with one attached hydrogen (secondary N) is 1. The van der Waals surface area contributed by atoms with Gasteiger partial charge in [0.2, 0.25) is 0 Å². The molecule has 1 aliphatic rings. The van der Waals surface area contributed by atoms with Gasteiger partial charge in [0.15, 0.2) is 23.1 Å². The zero-order valence-corrected chi connectivity index (χ0v) is 23.2. The van der Waals surface area contributed by atoms with Crippen molar-refractivity contribution in [3.8, 4) is 11.4 Å². The molecule has 4 aromatic rings. The minimum absolute atomic E-state index is 0.00189. The molecule has 13 heteroatoms. The van der Waals surface area contributed by atoms with E-state index in [1.54, 1.807) is 18.2 Å². The summed E-state index contributed by atoms with van der Waals surface area (Å²) in [6.07, 6.45) is 4.54. The predicted octanol–water partition coefficient (Wildman–Crippen LogP) is 3.66. The highest BCUT2D eigenvalue weighted by Crippen LogP contribution is 2.35. The summed E-state index contributed by atoms with van der Waals surface area (Å²) in [4.78, 5) is 12.8. The van der Waals surface area contributed by atoms with Crippen molar-refractivity contribution in [1.29, 1.82) is 0 Å².